The Balaban J connectivity index is 1.54. The molecule has 0 bridgehead atoms. The van der Waals surface area contributed by atoms with Gasteiger partial charge in [-0.3, -0.25) is 9.69 Å². The van der Waals surface area contributed by atoms with E-state index < -0.39 is 0 Å². The standard InChI is InChI=1S/C26H32N4O4/c1-19-7-5-8-20-17-21(25(31)28-24(19)20)18-30(12-6-11-29-13-15-34-16-14-29)26(32)27-22-9-3-4-10-23(22)33-2/h3-5,7-10,17H,6,11-16,18H2,1-2H3,(H,27,32)(H,28,31). The largest absolute Gasteiger partial charge is 0.495 e. The smallest absolute Gasteiger partial charge is 0.322 e. The van der Waals surface area contributed by atoms with Gasteiger partial charge in [-0.25, -0.2) is 4.79 Å². The van der Waals surface area contributed by atoms with E-state index in [0.29, 0.717) is 23.5 Å². The predicted octanol–water partition coefficient (Wildman–Crippen LogP) is 3.60. The summed E-state index contributed by atoms with van der Waals surface area (Å²) in [6.07, 6.45) is 0.796. The van der Waals surface area contributed by atoms with Crippen LogP contribution in [0.15, 0.2) is 53.3 Å². The Kier molecular flexibility index (Phi) is 7.82. The quantitative estimate of drug-likeness (QED) is 0.532. The van der Waals surface area contributed by atoms with E-state index in [4.69, 9.17) is 9.47 Å². The molecule has 2 amide bonds. The van der Waals surface area contributed by atoms with Gasteiger partial charge < -0.3 is 24.7 Å². The molecule has 1 saturated heterocycles. The molecule has 3 aromatic rings. The van der Waals surface area contributed by atoms with E-state index in [1.165, 1.54) is 0 Å². The number of H-pyrrole nitrogens is 1. The van der Waals surface area contributed by atoms with E-state index in [9.17, 15) is 9.59 Å². The van der Waals surface area contributed by atoms with Gasteiger partial charge in [-0.1, -0.05) is 30.3 Å². The molecule has 4 rings (SSSR count). The van der Waals surface area contributed by atoms with Crippen molar-refractivity contribution < 1.29 is 14.3 Å². The number of aryl methyl sites for hydroxylation is 1. The number of morpholine rings is 1. The number of fused-ring (bicyclic) bond motifs is 1. The summed E-state index contributed by atoms with van der Waals surface area (Å²) in [7, 11) is 1.57. The molecule has 0 atom stereocenters. The number of anilines is 1. The number of methoxy groups -OCH3 is 1. The van der Waals surface area contributed by atoms with Gasteiger partial charge in [0.1, 0.15) is 5.75 Å². The normalized spacial score (nSPS) is 14.2. The van der Waals surface area contributed by atoms with Gasteiger partial charge in [0, 0.05) is 31.7 Å². The number of aromatic amines is 1. The van der Waals surface area contributed by atoms with Crippen LogP contribution in [0.25, 0.3) is 10.9 Å². The van der Waals surface area contributed by atoms with Crippen LogP contribution in [0.3, 0.4) is 0 Å². The van der Waals surface area contributed by atoms with Crippen molar-refractivity contribution in [3.63, 3.8) is 0 Å². The first kappa shape index (κ1) is 23.8. The number of aromatic nitrogens is 1. The summed E-state index contributed by atoms with van der Waals surface area (Å²) in [6, 6.07) is 14.8. The van der Waals surface area contributed by atoms with Crippen molar-refractivity contribution in [1.29, 1.82) is 0 Å². The lowest BCUT2D eigenvalue weighted by molar-refractivity contribution is 0.0365. The fourth-order valence-corrected chi connectivity index (χ4v) is 4.26. The zero-order chi connectivity index (χ0) is 23.9. The number of amides is 2. The number of ether oxygens (including phenoxy) is 2. The van der Waals surface area contributed by atoms with Gasteiger partial charge >= 0.3 is 6.03 Å². The molecule has 8 heteroatoms. The molecule has 1 fully saturated rings. The molecule has 0 spiro atoms. The summed E-state index contributed by atoms with van der Waals surface area (Å²) < 4.78 is 10.8. The summed E-state index contributed by atoms with van der Waals surface area (Å²) >= 11 is 0. The van der Waals surface area contributed by atoms with E-state index in [2.05, 4.69) is 15.2 Å². The van der Waals surface area contributed by atoms with Gasteiger partial charge in [0.2, 0.25) is 0 Å². The second kappa shape index (κ2) is 11.2. The molecule has 1 aliphatic heterocycles. The molecule has 1 aliphatic rings. The van der Waals surface area contributed by atoms with Gasteiger partial charge in [0.15, 0.2) is 0 Å². The Morgan fingerprint density at radius 3 is 2.76 bits per heavy atom. The second-order valence-corrected chi connectivity index (χ2v) is 8.52. The number of benzene rings is 2. The predicted molar refractivity (Wildman–Crippen MR) is 134 cm³/mol. The molecule has 0 aliphatic carbocycles. The second-order valence-electron chi connectivity index (χ2n) is 8.52. The van der Waals surface area contributed by atoms with E-state index in [-0.39, 0.29) is 18.1 Å². The molecule has 0 unspecified atom stereocenters. The van der Waals surface area contributed by atoms with Crippen LogP contribution in [0.5, 0.6) is 5.75 Å². The van der Waals surface area contributed by atoms with Crippen molar-refractivity contribution in [2.45, 2.75) is 19.9 Å². The fraction of sp³-hybridized carbons (Fsp3) is 0.385. The fourth-order valence-electron chi connectivity index (χ4n) is 4.26. The SMILES string of the molecule is COc1ccccc1NC(=O)N(CCCN1CCOCC1)Cc1cc2cccc(C)c2[nH]c1=O. The number of hydrogen-bond donors (Lipinski definition) is 2. The number of carbonyl (C=O) groups is 1. The van der Waals surface area contributed by atoms with Gasteiger partial charge in [-0.15, -0.1) is 0 Å². The summed E-state index contributed by atoms with van der Waals surface area (Å²) in [6.45, 7) is 6.85. The third-order valence-electron chi connectivity index (χ3n) is 6.17. The zero-order valence-corrected chi connectivity index (χ0v) is 19.8. The first-order valence-electron chi connectivity index (χ1n) is 11.7. The number of para-hydroxylation sites is 3. The summed E-state index contributed by atoms with van der Waals surface area (Å²) in [5.74, 6) is 0.586. The molecular weight excluding hydrogens is 432 g/mol. The van der Waals surface area contributed by atoms with Crippen LogP contribution in [0.1, 0.15) is 17.5 Å². The van der Waals surface area contributed by atoms with Crippen molar-refractivity contribution in [2.24, 2.45) is 0 Å². The van der Waals surface area contributed by atoms with Crippen LogP contribution in [-0.4, -0.2) is 67.3 Å². The Morgan fingerprint density at radius 2 is 1.97 bits per heavy atom. The van der Waals surface area contributed by atoms with Gasteiger partial charge in [-0.2, -0.15) is 0 Å². The molecule has 2 aromatic carbocycles. The minimum atomic E-state index is -0.268. The van der Waals surface area contributed by atoms with Crippen molar-refractivity contribution in [2.75, 3.05) is 51.8 Å². The van der Waals surface area contributed by atoms with Crippen LogP contribution < -0.4 is 15.6 Å². The Hall–Kier alpha value is -3.36. The van der Waals surface area contributed by atoms with Crippen LogP contribution in [-0.2, 0) is 11.3 Å². The molecular formula is C26H32N4O4. The number of carbonyl (C=O) groups excluding carboxylic acids is 1. The maximum absolute atomic E-state index is 13.3. The summed E-state index contributed by atoms with van der Waals surface area (Å²) in [5, 5.41) is 3.90. The number of hydrogen-bond acceptors (Lipinski definition) is 5. The highest BCUT2D eigenvalue weighted by Crippen LogP contribution is 2.24. The average Bonchev–Trinajstić information content (AvgIpc) is 2.85. The molecule has 2 N–H and O–H groups in total. The Bertz CT molecular complexity index is 1190. The van der Waals surface area contributed by atoms with E-state index in [1.54, 1.807) is 24.1 Å². The van der Waals surface area contributed by atoms with E-state index in [1.807, 2.05) is 43.3 Å². The van der Waals surface area contributed by atoms with Crippen LogP contribution >= 0.6 is 0 Å². The molecule has 2 heterocycles. The molecule has 8 nitrogen and oxygen atoms in total. The molecule has 34 heavy (non-hydrogen) atoms. The molecule has 0 radical (unpaired) electrons. The number of nitrogens with zero attached hydrogens (tertiary/aromatic N) is 2. The maximum Gasteiger partial charge on any atom is 0.322 e. The zero-order valence-electron chi connectivity index (χ0n) is 19.8. The lowest BCUT2D eigenvalue weighted by Crippen LogP contribution is -2.40. The number of urea groups is 1. The Morgan fingerprint density at radius 1 is 1.18 bits per heavy atom. The monoisotopic (exact) mass is 464 g/mol. The molecule has 180 valence electrons. The highest BCUT2D eigenvalue weighted by Gasteiger charge is 2.19. The topological polar surface area (TPSA) is 86.9 Å². The highest BCUT2D eigenvalue weighted by atomic mass is 16.5. The highest BCUT2D eigenvalue weighted by molar-refractivity contribution is 5.91. The number of pyridine rings is 1. The van der Waals surface area contributed by atoms with Crippen LogP contribution in [0.2, 0.25) is 0 Å². The Labute approximate surface area is 199 Å². The van der Waals surface area contributed by atoms with Crippen LogP contribution in [0.4, 0.5) is 10.5 Å². The third kappa shape index (κ3) is 5.76. The average molecular weight is 465 g/mol. The van der Waals surface area contributed by atoms with Gasteiger partial charge in [0.05, 0.1) is 38.1 Å². The lowest BCUT2D eigenvalue weighted by Gasteiger charge is -2.28. The minimum Gasteiger partial charge on any atom is -0.495 e. The van der Waals surface area contributed by atoms with Gasteiger partial charge in [-0.05, 0) is 42.5 Å². The summed E-state index contributed by atoms with van der Waals surface area (Å²) in [5.41, 5.74) is 2.81. The minimum absolute atomic E-state index is 0.176. The number of rotatable bonds is 8. The number of nitrogens with one attached hydrogen (secondary N) is 2. The third-order valence-corrected chi connectivity index (χ3v) is 6.17. The van der Waals surface area contributed by atoms with Crippen molar-refractivity contribution in [3.05, 3.63) is 70.0 Å². The van der Waals surface area contributed by atoms with E-state index >= 15 is 0 Å². The summed E-state index contributed by atoms with van der Waals surface area (Å²) in [4.78, 5) is 33.2. The van der Waals surface area contributed by atoms with Crippen molar-refractivity contribution in [1.82, 2.24) is 14.8 Å². The van der Waals surface area contributed by atoms with E-state index in [0.717, 1.165) is 55.7 Å². The lowest BCUT2D eigenvalue weighted by atomic mass is 10.1. The maximum atomic E-state index is 13.3. The molecule has 0 saturated carbocycles. The molecule has 1 aromatic heterocycles. The van der Waals surface area contributed by atoms with Gasteiger partial charge in [0.25, 0.3) is 5.56 Å². The van der Waals surface area contributed by atoms with Crippen molar-refractivity contribution >= 4 is 22.6 Å². The first-order chi connectivity index (χ1) is 16.5. The van der Waals surface area contributed by atoms with Crippen LogP contribution in [0, 0.1) is 6.92 Å². The van der Waals surface area contributed by atoms with Crippen molar-refractivity contribution in [3.8, 4) is 5.75 Å². The first-order valence-corrected chi connectivity index (χ1v) is 11.7.